The number of hydrogen-bond donors (Lipinski definition) is 1. The van der Waals surface area contributed by atoms with E-state index in [1.807, 2.05) is 25.1 Å². The quantitative estimate of drug-likeness (QED) is 0.354. The van der Waals surface area contributed by atoms with Crippen LogP contribution in [0.1, 0.15) is 28.5 Å². The van der Waals surface area contributed by atoms with Gasteiger partial charge in [-0.15, -0.1) is 0 Å². The number of halogens is 1. The molecule has 6 nitrogen and oxygen atoms in total. The van der Waals surface area contributed by atoms with Crippen LogP contribution in [0.15, 0.2) is 69.2 Å². The normalized spacial score (nSPS) is 18.4. The molecule has 146 valence electrons. The molecule has 1 amide bonds. The molecule has 4 rings (SSSR count). The van der Waals surface area contributed by atoms with Crippen LogP contribution >= 0.6 is 15.9 Å². The predicted octanol–water partition coefficient (Wildman–Crippen LogP) is 4.68. The third-order valence-electron chi connectivity index (χ3n) is 4.80. The maximum absolute atomic E-state index is 13.0. The van der Waals surface area contributed by atoms with Crippen LogP contribution in [0.25, 0.3) is 5.76 Å². The molecule has 1 N–H and O–H groups in total. The molecular weight excluding hydrogens is 436 g/mol. The Balaban J connectivity index is 1.95. The Hall–Kier alpha value is -3.19. The molecular formula is C22H17BrN2O4. The van der Waals surface area contributed by atoms with Crippen LogP contribution in [-0.2, 0) is 9.59 Å². The highest BCUT2D eigenvalue weighted by atomic mass is 79.9. The fourth-order valence-electron chi connectivity index (χ4n) is 3.39. The van der Waals surface area contributed by atoms with Gasteiger partial charge in [-0.2, -0.15) is 0 Å². The van der Waals surface area contributed by atoms with Crippen LogP contribution in [0.3, 0.4) is 0 Å². The van der Waals surface area contributed by atoms with Crippen molar-refractivity contribution in [1.29, 1.82) is 0 Å². The molecule has 1 fully saturated rings. The molecule has 2 aromatic carbocycles. The zero-order valence-electron chi connectivity index (χ0n) is 15.7. The predicted molar refractivity (Wildman–Crippen MR) is 111 cm³/mol. The lowest BCUT2D eigenvalue weighted by Gasteiger charge is -2.23. The number of ketones is 1. The average molecular weight is 453 g/mol. The number of anilines is 1. The van der Waals surface area contributed by atoms with Crippen molar-refractivity contribution in [1.82, 2.24) is 5.16 Å². The van der Waals surface area contributed by atoms with Crippen molar-refractivity contribution in [3.8, 4) is 0 Å². The Kier molecular flexibility index (Phi) is 4.84. The first-order valence-corrected chi connectivity index (χ1v) is 9.73. The first kappa shape index (κ1) is 19.1. The molecule has 1 aromatic heterocycles. The Bertz CT molecular complexity index is 1150. The van der Waals surface area contributed by atoms with Gasteiger partial charge < -0.3 is 9.63 Å². The maximum atomic E-state index is 13.0. The number of carbonyl (C=O) groups is 2. The number of amides is 1. The van der Waals surface area contributed by atoms with E-state index in [0.29, 0.717) is 16.9 Å². The van der Waals surface area contributed by atoms with E-state index in [9.17, 15) is 14.7 Å². The summed E-state index contributed by atoms with van der Waals surface area (Å²) >= 11 is 3.43. The standard InChI is InChI=1S/C22H17BrN2O4/c1-12-6-8-14(9-7-12)20(26)18-19(15-4-3-5-16(23)11-15)25(22(28)21(18)27)17-10-13(2)29-24-17/h3-11,19,26H,1-2H3/b20-18-. The second kappa shape index (κ2) is 7.33. The number of rotatable bonds is 3. The fraction of sp³-hybridized carbons (Fsp3) is 0.136. The Morgan fingerprint density at radius 1 is 1.10 bits per heavy atom. The molecule has 1 unspecified atom stereocenters. The van der Waals surface area contributed by atoms with Gasteiger partial charge in [-0.05, 0) is 31.5 Å². The van der Waals surface area contributed by atoms with E-state index in [4.69, 9.17) is 4.52 Å². The molecule has 0 spiro atoms. The van der Waals surface area contributed by atoms with Gasteiger partial charge in [-0.3, -0.25) is 14.5 Å². The summed E-state index contributed by atoms with van der Waals surface area (Å²) in [5.41, 5.74) is 2.15. The summed E-state index contributed by atoms with van der Waals surface area (Å²) in [6.45, 7) is 3.63. The molecule has 0 bridgehead atoms. The van der Waals surface area contributed by atoms with E-state index in [0.717, 1.165) is 10.0 Å². The van der Waals surface area contributed by atoms with Crippen molar-refractivity contribution in [2.45, 2.75) is 19.9 Å². The first-order chi connectivity index (χ1) is 13.9. The molecule has 7 heteroatoms. The van der Waals surface area contributed by atoms with Gasteiger partial charge >= 0.3 is 5.91 Å². The number of aliphatic hydroxyl groups is 1. The summed E-state index contributed by atoms with van der Waals surface area (Å²) in [6.07, 6.45) is 0. The minimum absolute atomic E-state index is 0.0117. The highest BCUT2D eigenvalue weighted by molar-refractivity contribution is 9.10. The number of hydrogen-bond acceptors (Lipinski definition) is 5. The summed E-state index contributed by atoms with van der Waals surface area (Å²) in [6, 6.07) is 15.1. The van der Waals surface area contributed by atoms with E-state index < -0.39 is 17.7 Å². The van der Waals surface area contributed by atoms with Gasteiger partial charge in [-0.1, -0.05) is 63.0 Å². The van der Waals surface area contributed by atoms with Gasteiger partial charge in [0.15, 0.2) is 5.82 Å². The highest BCUT2D eigenvalue weighted by Crippen LogP contribution is 2.42. The van der Waals surface area contributed by atoms with Crippen molar-refractivity contribution >= 4 is 39.2 Å². The lowest BCUT2D eigenvalue weighted by atomic mass is 9.95. The largest absolute Gasteiger partial charge is 0.507 e. The number of Topliss-reactive ketones (excluding diaryl/α,β-unsaturated/α-hetero) is 1. The zero-order chi connectivity index (χ0) is 20.7. The number of aryl methyl sites for hydroxylation is 2. The minimum Gasteiger partial charge on any atom is -0.507 e. The number of benzene rings is 2. The highest BCUT2D eigenvalue weighted by Gasteiger charge is 2.48. The molecule has 29 heavy (non-hydrogen) atoms. The molecule has 1 saturated heterocycles. The third kappa shape index (κ3) is 3.38. The lowest BCUT2D eigenvalue weighted by Crippen LogP contribution is -2.29. The van der Waals surface area contributed by atoms with Gasteiger partial charge in [-0.25, -0.2) is 0 Å². The van der Waals surface area contributed by atoms with Gasteiger partial charge in [0.05, 0.1) is 11.6 Å². The molecule has 1 atom stereocenters. The van der Waals surface area contributed by atoms with Crippen LogP contribution in [0.2, 0.25) is 0 Å². The number of nitrogens with zero attached hydrogens (tertiary/aromatic N) is 2. The van der Waals surface area contributed by atoms with E-state index in [-0.39, 0.29) is 17.2 Å². The van der Waals surface area contributed by atoms with Crippen LogP contribution in [0.4, 0.5) is 5.82 Å². The monoisotopic (exact) mass is 452 g/mol. The van der Waals surface area contributed by atoms with Gasteiger partial charge in [0.2, 0.25) is 0 Å². The molecule has 3 aromatic rings. The molecule has 0 radical (unpaired) electrons. The van der Waals surface area contributed by atoms with Crippen molar-refractivity contribution in [2.24, 2.45) is 0 Å². The summed E-state index contributed by atoms with van der Waals surface area (Å²) < 4.78 is 5.90. The van der Waals surface area contributed by atoms with Crippen LogP contribution in [-0.4, -0.2) is 22.0 Å². The van der Waals surface area contributed by atoms with E-state index in [1.165, 1.54) is 4.90 Å². The summed E-state index contributed by atoms with van der Waals surface area (Å²) in [4.78, 5) is 27.2. The molecule has 1 aliphatic heterocycles. The third-order valence-corrected chi connectivity index (χ3v) is 5.29. The minimum atomic E-state index is -0.835. The van der Waals surface area contributed by atoms with E-state index in [2.05, 4.69) is 21.1 Å². The average Bonchev–Trinajstić information content (AvgIpc) is 3.23. The smallest absolute Gasteiger partial charge is 0.301 e. The first-order valence-electron chi connectivity index (χ1n) is 8.93. The van der Waals surface area contributed by atoms with Gasteiger partial charge in [0, 0.05) is 16.1 Å². The number of aliphatic hydroxyl groups excluding tert-OH is 1. The summed E-state index contributed by atoms with van der Waals surface area (Å²) in [7, 11) is 0. The molecule has 1 aliphatic rings. The van der Waals surface area contributed by atoms with Crippen molar-refractivity contribution in [2.75, 3.05) is 4.90 Å². The molecule has 2 heterocycles. The van der Waals surface area contributed by atoms with Gasteiger partial charge in [0.25, 0.3) is 5.78 Å². The van der Waals surface area contributed by atoms with Crippen molar-refractivity contribution < 1.29 is 19.2 Å². The zero-order valence-corrected chi connectivity index (χ0v) is 17.3. The number of aromatic nitrogens is 1. The SMILES string of the molecule is Cc1ccc(/C(O)=C2/C(=O)C(=O)N(c3cc(C)on3)C2c2cccc(Br)c2)cc1. The summed E-state index contributed by atoms with van der Waals surface area (Å²) in [5.74, 6) is -1.03. The summed E-state index contributed by atoms with van der Waals surface area (Å²) in [5, 5.41) is 14.9. The van der Waals surface area contributed by atoms with Crippen LogP contribution in [0, 0.1) is 13.8 Å². The Morgan fingerprint density at radius 3 is 2.45 bits per heavy atom. The van der Waals surface area contributed by atoms with Gasteiger partial charge in [0.1, 0.15) is 11.5 Å². The number of carbonyl (C=O) groups excluding carboxylic acids is 2. The van der Waals surface area contributed by atoms with Crippen molar-refractivity contribution in [3.63, 3.8) is 0 Å². The van der Waals surface area contributed by atoms with Crippen LogP contribution in [0.5, 0.6) is 0 Å². The molecule has 0 aliphatic carbocycles. The second-order valence-electron chi connectivity index (χ2n) is 6.89. The van der Waals surface area contributed by atoms with Crippen LogP contribution < -0.4 is 4.90 Å². The topological polar surface area (TPSA) is 83.6 Å². The maximum Gasteiger partial charge on any atom is 0.301 e. The Morgan fingerprint density at radius 2 is 1.83 bits per heavy atom. The van der Waals surface area contributed by atoms with Crippen molar-refractivity contribution in [3.05, 3.63) is 87.1 Å². The molecule has 0 saturated carbocycles. The second-order valence-corrected chi connectivity index (χ2v) is 7.80. The fourth-order valence-corrected chi connectivity index (χ4v) is 3.81. The van der Waals surface area contributed by atoms with E-state index in [1.54, 1.807) is 43.3 Å². The Labute approximate surface area is 175 Å². The van der Waals surface area contributed by atoms with E-state index >= 15 is 0 Å². The lowest BCUT2D eigenvalue weighted by molar-refractivity contribution is -0.132.